The number of benzene rings is 1. The fourth-order valence-electron chi connectivity index (χ4n) is 3.55. The number of cyclic esters (lactones) is 1. The van der Waals surface area contributed by atoms with Crippen LogP contribution in [0.5, 0.6) is 0 Å². The predicted molar refractivity (Wildman–Crippen MR) is 110 cm³/mol. The van der Waals surface area contributed by atoms with E-state index in [2.05, 4.69) is 0 Å². The number of anilines is 2. The Kier molecular flexibility index (Phi) is 8.32. The monoisotopic (exact) mass is 506 g/mol. The number of ether oxygens (including phenoxy) is 1. The molecule has 0 radical (unpaired) electrons. The maximum absolute atomic E-state index is 14.9. The predicted octanol–water partition coefficient (Wildman–Crippen LogP) is 1.12. The zero-order chi connectivity index (χ0) is 25.7. The third kappa shape index (κ3) is 6.49. The molecule has 2 N–H and O–H groups in total. The standard InChI is InChI=1S/C20H22F4N4O7/c21-13-7-11(27-10-12(35-20(27)33)9-25-19(32)18(23)24)8-14(22)17(13)26-3-4-28(34-6-5-26)15(29)1-2-16(30)31/h7-8,12,18H,1-6,9-10H2,(H,25,32)(H,30,31). The Hall–Kier alpha value is -3.62. The van der Waals surface area contributed by atoms with Gasteiger partial charge in [-0.05, 0) is 0 Å². The molecule has 2 fully saturated rings. The van der Waals surface area contributed by atoms with Crippen molar-refractivity contribution in [1.82, 2.24) is 10.4 Å². The Morgan fingerprint density at radius 3 is 2.43 bits per heavy atom. The minimum Gasteiger partial charge on any atom is -0.481 e. The molecule has 2 saturated heterocycles. The minimum absolute atomic E-state index is 0.0103. The Balaban J connectivity index is 1.65. The fourth-order valence-corrected chi connectivity index (χ4v) is 3.55. The summed E-state index contributed by atoms with van der Waals surface area (Å²) in [6.07, 6.45) is -5.87. The van der Waals surface area contributed by atoms with Crippen LogP contribution in [0, 0.1) is 11.6 Å². The average Bonchev–Trinajstić information content (AvgIpc) is 2.99. The third-order valence-electron chi connectivity index (χ3n) is 5.22. The second kappa shape index (κ2) is 11.2. The number of nitrogens with one attached hydrogen (secondary N) is 1. The molecule has 3 rings (SSSR count). The molecule has 1 aromatic rings. The molecule has 0 aromatic heterocycles. The number of carboxylic acid groups (broad SMARTS) is 1. The van der Waals surface area contributed by atoms with Gasteiger partial charge in [-0.15, -0.1) is 0 Å². The molecule has 0 spiro atoms. The van der Waals surface area contributed by atoms with Gasteiger partial charge in [0.05, 0.1) is 38.3 Å². The van der Waals surface area contributed by atoms with Crippen LogP contribution in [-0.4, -0.2) is 85.9 Å². The normalized spacial score (nSPS) is 18.5. The summed E-state index contributed by atoms with van der Waals surface area (Å²) < 4.78 is 59.4. The third-order valence-corrected chi connectivity index (χ3v) is 5.22. The summed E-state index contributed by atoms with van der Waals surface area (Å²) in [4.78, 5) is 53.3. The molecule has 1 unspecified atom stereocenters. The van der Waals surface area contributed by atoms with Crippen LogP contribution in [-0.2, 0) is 24.0 Å². The lowest BCUT2D eigenvalue weighted by molar-refractivity contribution is -0.182. The van der Waals surface area contributed by atoms with Gasteiger partial charge in [-0.25, -0.2) is 18.6 Å². The largest absolute Gasteiger partial charge is 0.481 e. The molecule has 1 atom stereocenters. The number of carbonyl (C=O) groups excluding carboxylic acids is 3. The van der Waals surface area contributed by atoms with Crippen LogP contribution in [0.15, 0.2) is 12.1 Å². The van der Waals surface area contributed by atoms with Gasteiger partial charge in [-0.2, -0.15) is 8.78 Å². The molecule has 3 amide bonds. The highest BCUT2D eigenvalue weighted by Gasteiger charge is 2.34. The highest BCUT2D eigenvalue weighted by atomic mass is 19.3. The Morgan fingerprint density at radius 2 is 1.80 bits per heavy atom. The smallest absolute Gasteiger partial charge is 0.414 e. The van der Waals surface area contributed by atoms with Crippen molar-refractivity contribution in [3.63, 3.8) is 0 Å². The minimum atomic E-state index is -3.24. The highest BCUT2D eigenvalue weighted by Crippen LogP contribution is 2.31. The van der Waals surface area contributed by atoms with E-state index in [1.165, 1.54) is 4.90 Å². The molecule has 2 aliphatic rings. The maximum atomic E-state index is 14.9. The van der Waals surface area contributed by atoms with Crippen LogP contribution in [0.3, 0.4) is 0 Å². The number of alkyl halides is 2. The number of aliphatic carboxylic acids is 1. The first-order valence-electron chi connectivity index (χ1n) is 10.5. The molecular formula is C20H22F4N4O7. The zero-order valence-corrected chi connectivity index (χ0v) is 18.2. The molecule has 35 heavy (non-hydrogen) atoms. The van der Waals surface area contributed by atoms with E-state index in [4.69, 9.17) is 14.7 Å². The fraction of sp³-hybridized carbons (Fsp3) is 0.500. The Labute approximate surface area is 196 Å². The molecule has 11 nitrogen and oxygen atoms in total. The van der Waals surface area contributed by atoms with Gasteiger partial charge in [0, 0.05) is 31.6 Å². The maximum Gasteiger partial charge on any atom is 0.414 e. The van der Waals surface area contributed by atoms with E-state index in [9.17, 15) is 36.7 Å². The average molecular weight is 506 g/mol. The van der Waals surface area contributed by atoms with Crippen molar-refractivity contribution in [3.8, 4) is 0 Å². The molecule has 2 aliphatic heterocycles. The number of hydrogen-bond acceptors (Lipinski definition) is 7. The molecular weight excluding hydrogens is 484 g/mol. The molecule has 0 aliphatic carbocycles. The number of amides is 3. The summed E-state index contributed by atoms with van der Waals surface area (Å²) in [5.41, 5.74) is -0.585. The number of rotatable bonds is 8. The summed E-state index contributed by atoms with van der Waals surface area (Å²) in [6, 6.07) is 1.81. The lowest BCUT2D eigenvalue weighted by Crippen LogP contribution is -2.37. The van der Waals surface area contributed by atoms with E-state index in [1.807, 2.05) is 5.32 Å². The molecule has 0 saturated carbocycles. The first-order valence-corrected chi connectivity index (χ1v) is 10.5. The summed E-state index contributed by atoms with van der Waals surface area (Å²) >= 11 is 0. The van der Waals surface area contributed by atoms with Gasteiger partial charge >= 0.3 is 18.5 Å². The summed E-state index contributed by atoms with van der Waals surface area (Å²) in [5, 5.41) is 11.6. The van der Waals surface area contributed by atoms with Gasteiger partial charge < -0.3 is 20.1 Å². The van der Waals surface area contributed by atoms with Crippen LogP contribution in [0.4, 0.5) is 33.7 Å². The van der Waals surface area contributed by atoms with Gasteiger partial charge in [0.1, 0.15) is 11.8 Å². The van der Waals surface area contributed by atoms with E-state index >= 15 is 0 Å². The SMILES string of the molecule is O=C(O)CCC(=O)N1CCN(c2c(F)cc(N3CC(CNC(=O)C(F)F)OC3=O)cc2F)CCO1. The van der Waals surface area contributed by atoms with E-state index < -0.39 is 60.3 Å². The van der Waals surface area contributed by atoms with Gasteiger partial charge in [-0.3, -0.25) is 24.1 Å². The van der Waals surface area contributed by atoms with Crippen molar-refractivity contribution in [2.45, 2.75) is 25.4 Å². The number of hydrogen-bond donors (Lipinski definition) is 2. The number of carbonyl (C=O) groups is 4. The van der Waals surface area contributed by atoms with Gasteiger partial charge in [0.15, 0.2) is 11.6 Å². The van der Waals surface area contributed by atoms with Crippen molar-refractivity contribution in [1.29, 1.82) is 0 Å². The van der Waals surface area contributed by atoms with Crippen LogP contribution in [0.25, 0.3) is 0 Å². The number of nitrogens with zero attached hydrogens (tertiary/aromatic N) is 3. The van der Waals surface area contributed by atoms with Crippen LogP contribution in [0.2, 0.25) is 0 Å². The van der Waals surface area contributed by atoms with Crippen LogP contribution < -0.4 is 15.1 Å². The second-order valence-corrected chi connectivity index (χ2v) is 7.63. The lowest BCUT2D eigenvalue weighted by Gasteiger charge is -2.24. The van der Waals surface area contributed by atoms with Gasteiger partial charge in [-0.1, -0.05) is 0 Å². The Bertz CT molecular complexity index is 973. The second-order valence-electron chi connectivity index (χ2n) is 7.63. The van der Waals surface area contributed by atoms with Crippen molar-refractivity contribution in [2.75, 3.05) is 49.1 Å². The van der Waals surface area contributed by atoms with Crippen LogP contribution in [0.1, 0.15) is 12.8 Å². The van der Waals surface area contributed by atoms with E-state index in [1.54, 1.807) is 0 Å². The van der Waals surface area contributed by atoms with Crippen molar-refractivity contribution in [3.05, 3.63) is 23.8 Å². The van der Waals surface area contributed by atoms with E-state index in [0.29, 0.717) is 0 Å². The molecule has 2 heterocycles. The summed E-state index contributed by atoms with van der Waals surface area (Å²) in [7, 11) is 0. The number of carboxylic acids is 1. The highest BCUT2D eigenvalue weighted by molar-refractivity contribution is 5.90. The first-order chi connectivity index (χ1) is 16.6. The topological polar surface area (TPSA) is 129 Å². The summed E-state index contributed by atoms with van der Waals surface area (Å²) in [6.45, 7) is -0.778. The van der Waals surface area contributed by atoms with Gasteiger partial charge in [0.2, 0.25) is 5.91 Å². The number of hydroxylamine groups is 2. The van der Waals surface area contributed by atoms with Gasteiger partial charge in [0.25, 0.3) is 5.91 Å². The zero-order valence-electron chi connectivity index (χ0n) is 18.2. The van der Waals surface area contributed by atoms with Crippen molar-refractivity contribution >= 4 is 35.3 Å². The van der Waals surface area contributed by atoms with Crippen molar-refractivity contribution in [2.24, 2.45) is 0 Å². The van der Waals surface area contributed by atoms with E-state index in [-0.39, 0.29) is 51.3 Å². The molecule has 1 aromatic carbocycles. The first kappa shape index (κ1) is 26.0. The number of halogens is 4. The quantitative estimate of drug-likeness (QED) is 0.502. The summed E-state index contributed by atoms with van der Waals surface area (Å²) in [5.74, 6) is -5.27. The van der Waals surface area contributed by atoms with E-state index in [0.717, 1.165) is 22.1 Å². The Morgan fingerprint density at radius 1 is 1.11 bits per heavy atom. The lowest BCUT2D eigenvalue weighted by atomic mass is 10.2. The molecule has 192 valence electrons. The molecule has 15 heteroatoms. The van der Waals surface area contributed by atoms with Crippen LogP contribution >= 0.6 is 0 Å². The molecule has 0 bridgehead atoms. The van der Waals surface area contributed by atoms with Crippen molar-refractivity contribution < 1.29 is 51.4 Å².